The molecule has 2 amide bonds. The van der Waals surface area contributed by atoms with Gasteiger partial charge in [-0.1, -0.05) is 12.1 Å². The monoisotopic (exact) mass is 401 g/mol. The lowest BCUT2D eigenvalue weighted by atomic mass is 10.1. The Morgan fingerprint density at radius 1 is 1.17 bits per heavy atom. The minimum Gasteiger partial charge on any atom is -0.352 e. The molecule has 1 aliphatic carbocycles. The number of hydrogen-bond donors (Lipinski definition) is 1. The van der Waals surface area contributed by atoms with Gasteiger partial charge in [-0.2, -0.15) is 5.10 Å². The zero-order valence-corrected chi connectivity index (χ0v) is 16.6. The highest BCUT2D eigenvalue weighted by molar-refractivity contribution is 6.00. The number of aryl methyl sites for hydroxylation is 2. The number of fused-ring (bicyclic) bond motifs is 1. The number of amides is 2. The van der Waals surface area contributed by atoms with E-state index in [1.165, 1.54) is 17.5 Å². The van der Waals surface area contributed by atoms with Gasteiger partial charge in [0.1, 0.15) is 0 Å². The Morgan fingerprint density at radius 3 is 2.87 bits per heavy atom. The molecule has 0 spiro atoms. The molecule has 3 heterocycles. The maximum Gasteiger partial charge on any atom is 0.227 e. The number of benzene rings is 1. The third-order valence-corrected chi connectivity index (χ3v) is 5.90. The van der Waals surface area contributed by atoms with Crippen molar-refractivity contribution in [1.82, 2.24) is 20.1 Å². The molecule has 3 aromatic rings. The molecule has 0 saturated carbocycles. The first-order valence-electron chi connectivity index (χ1n) is 10.3. The summed E-state index contributed by atoms with van der Waals surface area (Å²) in [6.45, 7) is 0.814. The summed E-state index contributed by atoms with van der Waals surface area (Å²) in [4.78, 5) is 31.3. The van der Waals surface area contributed by atoms with Crippen LogP contribution in [0.5, 0.6) is 0 Å². The fraction of sp³-hybridized carbons (Fsp3) is 0.304. The SMILES string of the molecule is O=C(NCc1ccc(-n2cccn2)nc1)C1CC(=O)N(c2ccc3c(c2)CCC3)C1. The maximum absolute atomic E-state index is 12.7. The lowest BCUT2D eigenvalue weighted by Gasteiger charge is -2.18. The number of pyridine rings is 1. The number of aromatic nitrogens is 3. The molecule has 7 heteroatoms. The molecule has 1 atom stereocenters. The van der Waals surface area contributed by atoms with Crippen molar-refractivity contribution < 1.29 is 9.59 Å². The minimum absolute atomic E-state index is 0.0124. The lowest BCUT2D eigenvalue weighted by molar-refractivity contribution is -0.126. The first kappa shape index (κ1) is 18.5. The van der Waals surface area contributed by atoms with Gasteiger partial charge in [-0.15, -0.1) is 0 Å². The molecule has 2 aromatic heterocycles. The number of anilines is 1. The molecule has 0 radical (unpaired) electrons. The van der Waals surface area contributed by atoms with Crippen LogP contribution in [0.15, 0.2) is 55.0 Å². The van der Waals surface area contributed by atoms with Gasteiger partial charge in [-0.25, -0.2) is 9.67 Å². The van der Waals surface area contributed by atoms with Crippen molar-refractivity contribution in [3.05, 3.63) is 71.7 Å². The molecule has 1 unspecified atom stereocenters. The van der Waals surface area contributed by atoms with Gasteiger partial charge >= 0.3 is 0 Å². The Labute approximate surface area is 174 Å². The molecule has 7 nitrogen and oxygen atoms in total. The number of nitrogens with zero attached hydrogens (tertiary/aromatic N) is 4. The van der Waals surface area contributed by atoms with Crippen molar-refractivity contribution in [2.24, 2.45) is 5.92 Å². The van der Waals surface area contributed by atoms with Crippen LogP contribution < -0.4 is 10.2 Å². The van der Waals surface area contributed by atoms with E-state index in [0.29, 0.717) is 13.1 Å². The van der Waals surface area contributed by atoms with E-state index in [0.717, 1.165) is 29.9 Å². The normalized spacial score (nSPS) is 17.9. The van der Waals surface area contributed by atoms with Crippen molar-refractivity contribution in [3.63, 3.8) is 0 Å². The second kappa shape index (κ2) is 7.74. The quantitative estimate of drug-likeness (QED) is 0.712. The van der Waals surface area contributed by atoms with Crippen molar-refractivity contribution in [2.45, 2.75) is 32.2 Å². The summed E-state index contributed by atoms with van der Waals surface area (Å²) < 4.78 is 1.68. The van der Waals surface area contributed by atoms with Gasteiger partial charge in [-0.05, 0) is 60.2 Å². The molecule has 1 fully saturated rings. The highest BCUT2D eigenvalue weighted by Gasteiger charge is 2.35. The van der Waals surface area contributed by atoms with Crippen molar-refractivity contribution in [3.8, 4) is 5.82 Å². The van der Waals surface area contributed by atoms with Crippen LogP contribution in [0.25, 0.3) is 5.82 Å². The molecule has 152 valence electrons. The van der Waals surface area contributed by atoms with E-state index in [-0.39, 0.29) is 24.2 Å². The summed E-state index contributed by atoms with van der Waals surface area (Å²) in [5, 5.41) is 7.10. The van der Waals surface area contributed by atoms with Gasteiger partial charge in [0.15, 0.2) is 5.82 Å². The molecule has 1 aromatic carbocycles. The summed E-state index contributed by atoms with van der Waals surface area (Å²) in [5.41, 5.74) is 4.53. The molecule has 0 bridgehead atoms. The van der Waals surface area contributed by atoms with Crippen LogP contribution in [0.1, 0.15) is 29.5 Å². The average molecular weight is 401 g/mol. The topological polar surface area (TPSA) is 80.1 Å². The standard InChI is InChI=1S/C23H23N5O2/c29-22-12-19(15-27(22)20-7-6-17-3-1-4-18(17)11-20)23(30)25-14-16-5-8-21(24-13-16)28-10-2-9-26-28/h2,5-11,13,19H,1,3-4,12,14-15H2,(H,25,30). The predicted octanol–water partition coefficient (Wildman–Crippen LogP) is 2.43. The summed E-state index contributed by atoms with van der Waals surface area (Å²) in [7, 11) is 0. The number of carbonyl (C=O) groups is 2. The summed E-state index contributed by atoms with van der Waals surface area (Å²) >= 11 is 0. The van der Waals surface area contributed by atoms with E-state index in [1.54, 1.807) is 22.0 Å². The highest BCUT2D eigenvalue weighted by atomic mass is 16.2. The molecule has 2 aliphatic rings. The maximum atomic E-state index is 12.7. The second-order valence-electron chi connectivity index (χ2n) is 7.91. The third-order valence-electron chi connectivity index (χ3n) is 5.90. The Kier molecular flexibility index (Phi) is 4.78. The van der Waals surface area contributed by atoms with E-state index in [4.69, 9.17) is 0 Å². The smallest absolute Gasteiger partial charge is 0.227 e. The van der Waals surface area contributed by atoms with Crippen LogP contribution >= 0.6 is 0 Å². The van der Waals surface area contributed by atoms with E-state index >= 15 is 0 Å². The molecule has 30 heavy (non-hydrogen) atoms. The van der Waals surface area contributed by atoms with Gasteiger partial charge in [0.2, 0.25) is 11.8 Å². The summed E-state index contributed by atoms with van der Waals surface area (Å²) in [6.07, 6.45) is 8.87. The molecule has 1 N–H and O–H groups in total. The summed E-state index contributed by atoms with van der Waals surface area (Å²) in [5.74, 6) is 0.310. The van der Waals surface area contributed by atoms with Gasteiger partial charge < -0.3 is 10.2 Å². The van der Waals surface area contributed by atoms with Gasteiger partial charge in [0.05, 0.1) is 5.92 Å². The first-order chi connectivity index (χ1) is 14.7. The second-order valence-corrected chi connectivity index (χ2v) is 7.91. The minimum atomic E-state index is -0.331. The van der Waals surface area contributed by atoms with Crippen molar-refractivity contribution >= 4 is 17.5 Å². The fourth-order valence-electron chi connectivity index (χ4n) is 4.25. The highest BCUT2D eigenvalue weighted by Crippen LogP contribution is 2.30. The van der Waals surface area contributed by atoms with Gasteiger partial charge in [0, 0.05) is 43.8 Å². The molecule has 1 saturated heterocycles. The van der Waals surface area contributed by atoms with E-state index < -0.39 is 0 Å². The van der Waals surface area contributed by atoms with Crippen LogP contribution in [-0.2, 0) is 29.0 Å². The van der Waals surface area contributed by atoms with Crippen LogP contribution in [0.4, 0.5) is 5.69 Å². The van der Waals surface area contributed by atoms with E-state index in [2.05, 4.69) is 27.5 Å². The van der Waals surface area contributed by atoms with Crippen LogP contribution in [-0.4, -0.2) is 33.1 Å². The molecule has 5 rings (SSSR count). The Balaban J connectivity index is 1.19. The third kappa shape index (κ3) is 3.58. The first-order valence-corrected chi connectivity index (χ1v) is 10.3. The van der Waals surface area contributed by atoms with Crippen LogP contribution in [0.2, 0.25) is 0 Å². The number of carbonyl (C=O) groups excluding carboxylic acids is 2. The predicted molar refractivity (Wildman–Crippen MR) is 112 cm³/mol. The fourth-order valence-corrected chi connectivity index (χ4v) is 4.25. The molecular weight excluding hydrogens is 378 g/mol. The van der Waals surface area contributed by atoms with Gasteiger partial charge in [-0.3, -0.25) is 9.59 Å². The Hall–Kier alpha value is -3.48. The number of rotatable bonds is 5. The van der Waals surface area contributed by atoms with E-state index in [1.807, 2.05) is 30.5 Å². The van der Waals surface area contributed by atoms with Crippen LogP contribution in [0, 0.1) is 5.92 Å². The van der Waals surface area contributed by atoms with Crippen LogP contribution in [0.3, 0.4) is 0 Å². The van der Waals surface area contributed by atoms with E-state index in [9.17, 15) is 9.59 Å². The zero-order chi connectivity index (χ0) is 20.5. The largest absolute Gasteiger partial charge is 0.352 e. The molecular formula is C23H23N5O2. The zero-order valence-electron chi connectivity index (χ0n) is 16.6. The van der Waals surface area contributed by atoms with Gasteiger partial charge in [0.25, 0.3) is 0 Å². The number of nitrogens with one attached hydrogen (secondary N) is 1. The van der Waals surface area contributed by atoms with Crippen molar-refractivity contribution in [2.75, 3.05) is 11.4 Å². The lowest BCUT2D eigenvalue weighted by Crippen LogP contribution is -2.32. The average Bonchev–Trinajstić information content (AvgIpc) is 3.52. The molecule has 1 aliphatic heterocycles. The Bertz CT molecular complexity index is 1080. The Morgan fingerprint density at radius 2 is 2.07 bits per heavy atom. The summed E-state index contributed by atoms with van der Waals surface area (Å²) in [6, 6.07) is 11.9. The number of hydrogen-bond acceptors (Lipinski definition) is 4. The van der Waals surface area contributed by atoms with Crippen molar-refractivity contribution in [1.29, 1.82) is 0 Å².